The van der Waals surface area contributed by atoms with Gasteiger partial charge in [-0.15, -0.1) is 0 Å². The van der Waals surface area contributed by atoms with E-state index in [1.54, 1.807) is 0 Å². The molecule has 3 nitrogen and oxygen atoms in total. The van der Waals surface area contributed by atoms with Crippen LogP contribution in [0.3, 0.4) is 0 Å². The molecule has 15 heavy (non-hydrogen) atoms. The van der Waals surface area contributed by atoms with Gasteiger partial charge in [0.15, 0.2) is 0 Å². The molecule has 0 amide bonds. The first-order valence-electron chi connectivity index (χ1n) is 6.02. The maximum atomic E-state index is 5.71. The second-order valence-electron chi connectivity index (χ2n) is 4.74. The van der Waals surface area contributed by atoms with Crippen LogP contribution in [0.15, 0.2) is 0 Å². The van der Waals surface area contributed by atoms with E-state index in [0.29, 0.717) is 12.1 Å². The minimum atomic E-state index is 0.374. The molecule has 1 unspecified atom stereocenters. The fourth-order valence-electron chi connectivity index (χ4n) is 1.32. The Bertz CT molecular complexity index is 138. The highest BCUT2D eigenvalue weighted by molar-refractivity contribution is 4.57. The average Bonchev–Trinajstić information content (AvgIpc) is 2.11. The predicted molar refractivity (Wildman–Crippen MR) is 66.3 cm³/mol. The molecule has 0 saturated carbocycles. The summed E-state index contributed by atoms with van der Waals surface area (Å²) in [5, 5.41) is 3.40. The zero-order valence-electron chi connectivity index (χ0n) is 11.0. The lowest BCUT2D eigenvalue weighted by Gasteiger charge is -2.15. The van der Waals surface area contributed by atoms with Gasteiger partial charge in [-0.3, -0.25) is 0 Å². The SMILES string of the molecule is CC(C)NCCC(C)OCCCN(C)C. The molecule has 0 aromatic heterocycles. The summed E-state index contributed by atoms with van der Waals surface area (Å²) in [6.45, 7) is 9.52. The van der Waals surface area contributed by atoms with E-state index in [4.69, 9.17) is 4.74 Å². The molecular formula is C12H28N2O. The molecule has 0 rings (SSSR count). The van der Waals surface area contributed by atoms with E-state index in [1.165, 1.54) is 0 Å². The molecule has 0 aromatic carbocycles. The third kappa shape index (κ3) is 11.8. The van der Waals surface area contributed by atoms with Gasteiger partial charge in [0.2, 0.25) is 0 Å². The number of hydrogen-bond donors (Lipinski definition) is 1. The summed E-state index contributed by atoms with van der Waals surface area (Å²) in [5.41, 5.74) is 0. The molecule has 0 fully saturated rings. The largest absolute Gasteiger partial charge is 0.378 e. The highest BCUT2D eigenvalue weighted by Crippen LogP contribution is 1.98. The molecule has 3 heteroatoms. The van der Waals surface area contributed by atoms with Crippen LogP contribution in [-0.2, 0) is 4.74 Å². The van der Waals surface area contributed by atoms with Crippen molar-refractivity contribution >= 4 is 0 Å². The van der Waals surface area contributed by atoms with Crippen LogP contribution < -0.4 is 5.32 Å². The van der Waals surface area contributed by atoms with Gasteiger partial charge in [-0.1, -0.05) is 13.8 Å². The summed E-state index contributed by atoms with van der Waals surface area (Å²) in [6.07, 6.45) is 2.59. The minimum absolute atomic E-state index is 0.374. The number of hydrogen-bond acceptors (Lipinski definition) is 3. The topological polar surface area (TPSA) is 24.5 Å². The third-order valence-electron chi connectivity index (χ3n) is 2.26. The van der Waals surface area contributed by atoms with E-state index in [2.05, 4.69) is 45.1 Å². The molecule has 1 atom stereocenters. The second-order valence-corrected chi connectivity index (χ2v) is 4.74. The van der Waals surface area contributed by atoms with E-state index in [-0.39, 0.29) is 0 Å². The first kappa shape index (κ1) is 14.9. The average molecular weight is 216 g/mol. The molecule has 1 N–H and O–H groups in total. The number of rotatable bonds is 9. The predicted octanol–water partition coefficient (Wildman–Crippen LogP) is 1.73. The van der Waals surface area contributed by atoms with Gasteiger partial charge in [0.1, 0.15) is 0 Å². The Morgan fingerprint density at radius 1 is 1.20 bits per heavy atom. The van der Waals surface area contributed by atoms with Crippen LogP contribution in [-0.4, -0.2) is 50.8 Å². The molecule has 0 radical (unpaired) electrons. The van der Waals surface area contributed by atoms with Gasteiger partial charge in [-0.25, -0.2) is 0 Å². The first-order valence-corrected chi connectivity index (χ1v) is 6.02. The van der Waals surface area contributed by atoms with Crippen LogP contribution in [0.5, 0.6) is 0 Å². The highest BCUT2D eigenvalue weighted by atomic mass is 16.5. The molecule has 0 aromatic rings. The van der Waals surface area contributed by atoms with Gasteiger partial charge < -0.3 is 15.0 Å². The van der Waals surface area contributed by atoms with Crippen molar-refractivity contribution in [1.29, 1.82) is 0 Å². The van der Waals surface area contributed by atoms with Crippen LogP contribution in [0, 0.1) is 0 Å². The van der Waals surface area contributed by atoms with Crippen molar-refractivity contribution in [1.82, 2.24) is 10.2 Å². The quantitative estimate of drug-likeness (QED) is 0.594. The fourth-order valence-corrected chi connectivity index (χ4v) is 1.32. The van der Waals surface area contributed by atoms with Crippen molar-refractivity contribution in [3.63, 3.8) is 0 Å². The Labute approximate surface area is 95.2 Å². The van der Waals surface area contributed by atoms with Crippen LogP contribution in [0.25, 0.3) is 0 Å². The van der Waals surface area contributed by atoms with Crippen LogP contribution >= 0.6 is 0 Å². The Morgan fingerprint density at radius 2 is 1.87 bits per heavy atom. The summed E-state index contributed by atoms with van der Waals surface area (Å²) in [7, 11) is 4.19. The zero-order valence-corrected chi connectivity index (χ0v) is 11.0. The lowest BCUT2D eigenvalue weighted by atomic mass is 10.2. The molecule has 0 heterocycles. The van der Waals surface area contributed by atoms with Crippen molar-refractivity contribution in [3.8, 4) is 0 Å². The van der Waals surface area contributed by atoms with Crippen molar-refractivity contribution in [2.75, 3.05) is 33.8 Å². The summed E-state index contributed by atoms with van der Waals surface area (Å²) < 4.78 is 5.71. The molecule has 0 spiro atoms. The smallest absolute Gasteiger partial charge is 0.0559 e. The van der Waals surface area contributed by atoms with Crippen molar-refractivity contribution in [2.45, 2.75) is 45.8 Å². The van der Waals surface area contributed by atoms with Gasteiger partial charge >= 0.3 is 0 Å². The van der Waals surface area contributed by atoms with Crippen molar-refractivity contribution in [2.24, 2.45) is 0 Å². The second kappa shape index (κ2) is 9.13. The van der Waals surface area contributed by atoms with Crippen LogP contribution in [0.1, 0.15) is 33.6 Å². The highest BCUT2D eigenvalue weighted by Gasteiger charge is 2.02. The molecule has 92 valence electrons. The summed E-state index contributed by atoms with van der Waals surface area (Å²) in [6, 6.07) is 0.575. The lowest BCUT2D eigenvalue weighted by Crippen LogP contribution is -2.27. The maximum Gasteiger partial charge on any atom is 0.0559 e. The molecule has 0 aliphatic rings. The fraction of sp³-hybridized carbons (Fsp3) is 1.00. The Hall–Kier alpha value is -0.120. The first-order chi connectivity index (χ1) is 7.02. The molecular weight excluding hydrogens is 188 g/mol. The van der Waals surface area contributed by atoms with Crippen molar-refractivity contribution in [3.05, 3.63) is 0 Å². The van der Waals surface area contributed by atoms with E-state index in [9.17, 15) is 0 Å². The monoisotopic (exact) mass is 216 g/mol. The van der Waals surface area contributed by atoms with Gasteiger partial charge in [0.25, 0.3) is 0 Å². The maximum absolute atomic E-state index is 5.71. The van der Waals surface area contributed by atoms with Crippen LogP contribution in [0.2, 0.25) is 0 Å². The minimum Gasteiger partial charge on any atom is -0.378 e. The normalized spacial score (nSPS) is 13.8. The van der Waals surface area contributed by atoms with Gasteiger partial charge in [-0.2, -0.15) is 0 Å². The Morgan fingerprint density at radius 3 is 2.40 bits per heavy atom. The molecule has 0 bridgehead atoms. The number of nitrogens with zero attached hydrogens (tertiary/aromatic N) is 1. The van der Waals surface area contributed by atoms with Gasteiger partial charge in [0, 0.05) is 12.6 Å². The number of nitrogens with one attached hydrogen (secondary N) is 1. The summed E-state index contributed by atoms with van der Waals surface area (Å²) in [5.74, 6) is 0. The van der Waals surface area contributed by atoms with E-state index in [0.717, 1.165) is 32.5 Å². The van der Waals surface area contributed by atoms with Crippen LogP contribution in [0.4, 0.5) is 0 Å². The number of ether oxygens (including phenoxy) is 1. The Kier molecular flexibility index (Phi) is 9.06. The lowest BCUT2D eigenvalue weighted by molar-refractivity contribution is 0.0555. The molecule has 0 saturated heterocycles. The zero-order chi connectivity index (χ0) is 11.7. The molecule has 0 aliphatic heterocycles. The Balaban J connectivity index is 3.22. The standard InChI is InChI=1S/C12H28N2O/c1-11(2)13-8-7-12(3)15-10-6-9-14(4)5/h11-13H,6-10H2,1-5H3. The van der Waals surface area contributed by atoms with Crippen molar-refractivity contribution < 1.29 is 4.74 Å². The third-order valence-corrected chi connectivity index (χ3v) is 2.26. The van der Waals surface area contributed by atoms with Gasteiger partial charge in [0.05, 0.1) is 6.10 Å². The van der Waals surface area contributed by atoms with E-state index < -0.39 is 0 Å². The summed E-state index contributed by atoms with van der Waals surface area (Å²) in [4.78, 5) is 2.19. The summed E-state index contributed by atoms with van der Waals surface area (Å²) >= 11 is 0. The van der Waals surface area contributed by atoms with E-state index >= 15 is 0 Å². The molecule has 0 aliphatic carbocycles. The van der Waals surface area contributed by atoms with E-state index in [1.807, 2.05) is 0 Å². The van der Waals surface area contributed by atoms with Gasteiger partial charge in [-0.05, 0) is 47.0 Å².